The molecule has 0 atom stereocenters. The van der Waals surface area contributed by atoms with E-state index in [0.717, 1.165) is 24.5 Å². The molecule has 1 fully saturated rings. The number of hydrogen-bond donors (Lipinski definition) is 2. The molecule has 0 aromatic heterocycles. The van der Waals surface area contributed by atoms with Gasteiger partial charge in [0.15, 0.2) is 0 Å². The summed E-state index contributed by atoms with van der Waals surface area (Å²) in [6.45, 7) is 2.77. The third-order valence-electron chi connectivity index (χ3n) is 5.60. The van der Waals surface area contributed by atoms with Gasteiger partial charge >= 0.3 is 5.97 Å². The maximum absolute atomic E-state index is 12.9. The lowest BCUT2D eigenvalue weighted by molar-refractivity contribution is 0.0697. The van der Waals surface area contributed by atoms with Crippen LogP contribution in [0.3, 0.4) is 0 Å². The van der Waals surface area contributed by atoms with Gasteiger partial charge in [0, 0.05) is 31.9 Å². The van der Waals surface area contributed by atoms with Crippen LogP contribution in [0.25, 0.3) is 0 Å². The lowest BCUT2D eigenvalue weighted by Gasteiger charge is -2.38. The second-order valence-corrected chi connectivity index (χ2v) is 9.31. The van der Waals surface area contributed by atoms with E-state index in [1.54, 1.807) is 31.4 Å². The summed E-state index contributed by atoms with van der Waals surface area (Å²) in [6.07, 6.45) is 0. The molecule has 0 saturated carbocycles. The first-order chi connectivity index (χ1) is 15.9. The van der Waals surface area contributed by atoms with Gasteiger partial charge in [0.05, 0.1) is 28.9 Å². The summed E-state index contributed by atoms with van der Waals surface area (Å²) in [5, 5.41) is 9.42. The molecule has 0 unspecified atom stereocenters. The molecule has 0 radical (unpaired) electrons. The van der Waals surface area contributed by atoms with Crippen molar-refractivity contribution in [3.63, 3.8) is 0 Å². The Morgan fingerprint density at radius 2 is 1.55 bits per heavy atom. The van der Waals surface area contributed by atoms with Crippen LogP contribution in [0.4, 0.5) is 17.1 Å². The van der Waals surface area contributed by atoms with Crippen LogP contribution >= 0.6 is 0 Å². The predicted molar refractivity (Wildman–Crippen MR) is 128 cm³/mol. The second kappa shape index (κ2) is 9.41. The number of carboxylic acids is 1. The normalized spacial score (nSPS) is 14.1. The fourth-order valence-electron chi connectivity index (χ4n) is 3.83. The van der Waals surface area contributed by atoms with E-state index >= 15 is 0 Å². The molecule has 1 heterocycles. The summed E-state index contributed by atoms with van der Waals surface area (Å²) < 4.78 is 33.6. The van der Waals surface area contributed by atoms with Crippen LogP contribution < -0.4 is 19.3 Å². The van der Waals surface area contributed by atoms with Crippen molar-refractivity contribution >= 4 is 33.1 Å². The van der Waals surface area contributed by atoms with Crippen LogP contribution in [0.5, 0.6) is 5.75 Å². The van der Waals surface area contributed by atoms with Gasteiger partial charge in [0.2, 0.25) is 0 Å². The van der Waals surface area contributed by atoms with Gasteiger partial charge < -0.3 is 19.6 Å². The first kappa shape index (κ1) is 22.5. The smallest absolute Gasteiger partial charge is 0.335 e. The van der Waals surface area contributed by atoms with Crippen LogP contribution in [-0.4, -0.2) is 52.8 Å². The summed E-state index contributed by atoms with van der Waals surface area (Å²) >= 11 is 0. The number of methoxy groups -OCH3 is 1. The Balaban J connectivity index is 1.57. The van der Waals surface area contributed by atoms with Gasteiger partial charge in [-0.25, -0.2) is 13.2 Å². The molecule has 0 spiro atoms. The molecule has 0 amide bonds. The molecule has 3 aromatic carbocycles. The molecule has 0 aliphatic carbocycles. The summed E-state index contributed by atoms with van der Waals surface area (Å²) in [6, 6.07) is 20.4. The Morgan fingerprint density at radius 3 is 2.15 bits per heavy atom. The lowest BCUT2D eigenvalue weighted by Crippen LogP contribution is -2.46. The van der Waals surface area contributed by atoms with Gasteiger partial charge in [0.25, 0.3) is 10.0 Å². The van der Waals surface area contributed by atoms with E-state index in [2.05, 4.69) is 14.5 Å². The van der Waals surface area contributed by atoms with E-state index in [1.165, 1.54) is 24.3 Å². The highest BCUT2D eigenvalue weighted by molar-refractivity contribution is 7.92. The van der Waals surface area contributed by atoms with Gasteiger partial charge in [-0.1, -0.05) is 18.2 Å². The fourth-order valence-corrected chi connectivity index (χ4v) is 4.91. The van der Waals surface area contributed by atoms with Gasteiger partial charge in [-0.2, -0.15) is 0 Å². The van der Waals surface area contributed by atoms with E-state index in [-0.39, 0.29) is 16.1 Å². The van der Waals surface area contributed by atoms with Crippen molar-refractivity contribution in [2.75, 3.05) is 47.8 Å². The molecule has 1 saturated heterocycles. The SMILES string of the molecule is COc1ccc(N2CCN(c3ccc(C(=O)O)cc3NS(=O)(=O)c3ccccc3)CC2)cc1. The zero-order valence-electron chi connectivity index (χ0n) is 18.1. The van der Waals surface area contributed by atoms with Crippen molar-refractivity contribution in [1.29, 1.82) is 0 Å². The quantitative estimate of drug-likeness (QED) is 0.548. The van der Waals surface area contributed by atoms with Crippen molar-refractivity contribution in [2.24, 2.45) is 0 Å². The van der Waals surface area contributed by atoms with E-state index in [9.17, 15) is 18.3 Å². The minimum atomic E-state index is -3.87. The summed E-state index contributed by atoms with van der Waals surface area (Å²) in [5.74, 6) is -0.322. The topological polar surface area (TPSA) is 99.2 Å². The van der Waals surface area contributed by atoms with Crippen molar-refractivity contribution in [1.82, 2.24) is 0 Å². The minimum absolute atomic E-state index is 0.0152. The fraction of sp³-hybridized carbons (Fsp3) is 0.208. The average molecular weight is 468 g/mol. The van der Waals surface area contributed by atoms with E-state index < -0.39 is 16.0 Å². The number of carboxylic acid groups (broad SMARTS) is 1. The number of hydrogen-bond acceptors (Lipinski definition) is 6. The standard InChI is InChI=1S/C24H25N3O5S/c1-32-20-10-8-19(9-11-20)26-13-15-27(16-14-26)23-12-7-18(24(28)29)17-22(23)25-33(30,31)21-5-3-2-4-6-21/h2-12,17,25H,13-16H2,1H3,(H,28,29). The van der Waals surface area contributed by atoms with Crippen molar-refractivity contribution in [3.05, 3.63) is 78.4 Å². The third-order valence-corrected chi connectivity index (χ3v) is 6.98. The molecule has 172 valence electrons. The number of aromatic carboxylic acids is 1. The molecule has 2 N–H and O–H groups in total. The van der Waals surface area contributed by atoms with Gasteiger partial charge in [0.1, 0.15) is 5.75 Å². The number of anilines is 3. The first-order valence-electron chi connectivity index (χ1n) is 10.5. The number of benzene rings is 3. The van der Waals surface area contributed by atoms with Crippen LogP contribution in [0.1, 0.15) is 10.4 Å². The molecule has 9 heteroatoms. The third kappa shape index (κ3) is 5.04. The predicted octanol–water partition coefficient (Wildman–Crippen LogP) is 3.52. The summed E-state index contributed by atoms with van der Waals surface area (Å²) in [5.41, 5.74) is 1.99. The molecule has 4 rings (SSSR count). The molecule has 8 nitrogen and oxygen atoms in total. The number of piperazine rings is 1. The number of carbonyl (C=O) groups is 1. The Hall–Kier alpha value is -3.72. The van der Waals surface area contributed by atoms with Crippen LogP contribution in [-0.2, 0) is 10.0 Å². The number of nitrogens with zero attached hydrogens (tertiary/aromatic N) is 2. The molecule has 1 aliphatic heterocycles. The van der Waals surface area contributed by atoms with Crippen LogP contribution in [0.15, 0.2) is 77.7 Å². The highest BCUT2D eigenvalue weighted by Crippen LogP contribution is 2.31. The zero-order valence-corrected chi connectivity index (χ0v) is 19.0. The highest BCUT2D eigenvalue weighted by Gasteiger charge is 2.23. The van der Waals surface area contributed by atoms with Crippen LogP contribution in [0.2, 0.25) is 0 Å². The Morgan fingerprint density at radius 1 is 0.909 bits per heavy atom. The second-order valence-electron chi connectivity index (χ2n) is 7.63. The minimum Gasteiger partial charge on any atom is -0.497 e. The van der Waals surface area contributed by atoms with E-state index in [4.69, 9.17) is 4.74 Å². The van der Waals surface area contributed by atoms with E-state index in [0.29, 0.717) is 18.8 Å². The van der Waals surface area contributed by atoms with Crippen molar-refractivity contribution in [2.45, 2.75) is 4.90 Å². The Labute approximate surface area is 193 Å². The van der Waals surface area contributed by atoms with E-state index in [1.807, 2.05) is 24.3 Å². The molecule has 0 bridgehead atoms. The average Bonchev–Trinajstić information content (AvgIpc) is 2.84. The maximum atomic E-state index is 12.9. The van der Waals surface area contributed by atoms with Crippen LogP contribution in [0, 0.1) is 0 Å². The van der Waals surface area contributed by atoms with Gasteiger partial charge in [-0.15, -0.1) is 0 Å². The van der Waals surface area contributed by atoms with Crippen molar-refractivity contribution in [3.8, 4) is 5.75 Å². The monoisotopic (exact) mass is 467 g/mol. The molecular formula is C24H25N3O5S. The van der Waals surface area contributed by atoms with Gasteiger partial charge in [-0.05, 0) is 54.6 Å². The number of sulfonamides is 1. The highest BCUT2D eigenvalue weighted by atomic mass is 32.2. The van der Waals surface area contributed by atoms with Crippen molar-refractivity contribution < 1.29 is 23.1 Å². The zero-order chi connectivity index (χ0) is 23.4. The van der Waals surface area contributed by atoms with Gasteiger partial charge in [-0.3, -0.25) is 4.72 Å². The molecule has 3 aromatic rings. The Bertz CT molecular complexity index is 1220. The lowest BCUT2D eigenvalue weighted by atomic mass is 10.1. The molecule has 1 aliphatic rings. The Kier molecular flexibility index (Phi) is 6.41. The molecule has 33 heavy (non-hydrogen) atoms. The summed E-state index contributed by atoms with van der Waals surface area (Å²) in [4.78, 5) is 15.9. The summed E-state index contributed by atoms with van der Waals surface area (Å²) in [7, 11) is -2.24. The first-order valence-corrected chi connectivity index (χ1v) is 11.9. The maximum Gasteiger partial charge on any atom is 0.335 e. The number of ether oxygens (including phenoxy) is 1. The number of rotatable bonds is 7. The number of nitrogens with one attached hydrogen (secondary N) is 1. The largest absolute Gasteiger partial charge is 0.497 e. The molecular weight excluding hydrogens is 442 g/mol.